The Bertz CT molecular complexity index is 515. The van der Waals surface area contributed by atoms with Crippen molar-refractivity contribution < 1.29 is 14.8 Å². The third-order valence-electron chi connectivity index (χ3n) is 3.26. The molecule has 0 spiro atoms. The van der Waals surface area contributed by atoms with Gasteiger partial charge in [0.2, 0.25) is 0 Å². The highest BCUT2D eigenvalue weighted by Gasteiger charge is 2.23. The van der Waals surface area contributed by atoms with E-state index < -0.39 is 10.9 Å². The lowest BCUT2D eigenvalue weighted by Crippen LogP contribution is -2.44. The molecule has 0 aromatic heterocycles. The van der Waals surface area contributed by atoms with E-state index in [1.54, 1.807) is 0 Å². The largest absolute Gasteiger partial charge is 0.478 e. The zero-order chi connectivity index (χ0) is 14.0. The number of nitro groups is 1. The van der Waals surface area contributed by atoms with Crippen LogP contribution in [0.25, 0.3) is 0 Å². The van der Waals surface area contributed by atoms with Crippen LogP contribution in [0.4, 0.5) is 11.4 Å². The minimum absolute atomic E-state index is 0. The Hall–Kier alpha value is -1.86. The molecular weight excluding hydrogens is 286 g/mol. The Morgan fingerprint density at radius 1 is 1.30 bits per heavy atom. The molecule has 1 aliphatic rings. The van der Waals surface area contributed by atoms with Crippen LogP contribution in [0.3, 0.4) is 0 Å². The first-order valence-corrected chi connectivity index (χ1v) is 5.94. The number of hydrogen-bond acceptors (Lipinski definition) is 5. The van der Waals surface area contributed by atoms with Crippen molar-refractivity contribution in [2.24, 2.45) is 0 Å². The van der Waals surface area contributed by atoms with E-state index in [1.165, 1.54) is 12.1 Å². The number of rotatable bonds is 3. The highest BCUT2D eigenvalue weighted by Crippen LogP contribution is 2.29. The van der Waals surface area contributed by atoms with Gasteiger partial charge in [0.25, 0.3) is 5.69 Å². The van der Waals surface area contributed by atoms with E-state index in [2.05, 4.69) is 4.90 Å². The number of benzene rings is 1. The number of aromatic carboxylic acids is 1. The first-order chi connectivity index (χ1) is 8.99. The molecule has 0 atom stereocenters. The lowest BCUT2D eigenvalue weighted by atomic mass is 10.1. The Morgan fingerprint density at radius 2 is 1.90 bits per heavy atom. The van der Waals surface area contributed by atoms with E-state index in [0.717, 1.165) is 19.2 Å². The molecule has 1 heterocycles. The van der Waals surface area contributed by atoms with E-state index in [1.807, 2.05) is 11.9 Å². The van der Waals surface area contributed by atoms with Crippen molar-refractivity contribution in [1.82, 2.24) is 4.90 Å². The molecule has 110 valence electrons. The maximum Gasteiger partial charge on any atom is 0.335 e. The maximum absolute atomic E-state index is 11.1. The Balaban J connectivity index is 0.00000200. The fourth-order valence-corrected chi connectivity index (χ4v) is 2.12. The molecule has 8 heteroatoms. The SMILES string of the molecule is CN1CCN(c2ccc(C(=O)O)cc2[N+](=O)[O-])CC1.Cl. The third kappa shape index (κ3) is 3.37. The predicted octanol–water partition coefficient (Wildman–Crippen LogP) is 1.47. The molecule has 1 saturated heterocycles. The smallest absolute Gasteiger partial charge is 0.335 e. The number of carbonyl (C=O) groups is 1. The highest BCUT2D eigenvalue weighted by molar-refractivity contribution is 5.89. The summed E-state index contributed by atoms with van der Waals surface area (Å²) in [4.78, 5) is 25.5. The van der Waals surface area contributed by atoms with Crippen LogP contribution < -0.4 is 4.90 Å². The van der Waals surface area contributed by atoms with Gasteiger partial charge in [0.1, 0.15) is 5.69 Å². The molecule has 0 saturated carbocycles. The van der Waals surface area contributed by atoms with Gasteiger partial charge in [-0.3, -0.25) is 10.1 Å². The fourth-order valence-electron chi connectivity index (χ4n) is 2.12. The number of piperazine rings is 1. The second-order valence-electron chi connectivity index (χ2n) is 4.56. The molecular formula is C12H16ClN3O4. The average Bonchev–Trinajstić information content (AvgIpc) is 2.38. The van der Waals surface area contributed by atoms with Crippen molar-refractivity contribution in [2.45, 2.75) is 0 Å². The molecule has 1 fully saturated rings. The number of nitro benzene ring substituents is 1. The summed E-state index contributed by atoms with van der Waals surface area (Å²) in [6.45, 7) is 3.06. The quantitative estimate of drug-likeness (QED) is 0.672. The van der Waals surface area contributed by atoms with Gasteiger partial charge < -0.3 is 14.9 Å². The topological polar surface area (TPSA) is 86.9 Å². The van der Waals surface area contributed by atoms with Gasteiger partial charge in [0.05, 0.1) is 10.5 Å². The van der Waals surface area contributed by atoms with Crippen molar-refractivity contribution in [3.8, 4) is 0 Å². The first-order valence-electron chi connectivity index (χ1n) is 5.94. The normalized spacial score (nSPS) is 15.6. The molecule has 1 aromatic carbocycles. The van der Waals surface area contributed by atoms with Crippen molar-refractivity contribution >= 4 is 29.8 Å². The van der Waals surface area contributed by atoms with Crippen LogP contribution in [0.1, 0.15) is 10.4 Å². The van der Waals surface area contributed by atoms with Crippen LogP contribution >= 0.6 is 12.4 Å². The van der Waals surface area contributed by atoms with E-state index in [0.29, 0.717) is 18.8 Å². The van der Waals surface area contributed by atoms with Gasteiger partial charge in [-0.15, -0.1) is 12.4 Å². The first kappa shape index (κ1) is 16.2. The highest BCUT2D eigenvalue weighted by atomic mass is 35.5. The standard InChI is InChI=1S/C12H15N3O4.ClH/c1-13-4-6-14(7-5-13)10-3-2-9(12(16)17)8-11(10)15(18)19;/h2-3,8H,4-7H2,1H3,(H,16,17);1H. The van der Waals surface area contributed by atoms with Gasteiger partial charge >= 0.3 is 5.97 Å². The molecule has 1 aromatic rings. The molecule has 0 aliphatic carbocycles. The molecule has 20 heavy (non-hydrogen) atoms. The van der Waals surface area contributed by atoms with Crippen LogP contribution in [0, 0.1) is 10.1 Å². The summed E-state index contributed by atoms with van der Waals surface area (Å²) in [6, 6.07) is 4.05. The zero-order valence-electron chi connectivity index (χ0n) is 11.0. The second kappa shape index (κ2) is 6.53. The lowest BCUT2D eigenvalue weighted by molar-refractivity contribution is -0.384. The van der Waals surface area contributed by atoms with Crippen LogP contribution in [0.15, 0.2) is 18.2 Å². The van der Waals surface area contributed by atoms with Crippen molar-refractivity contribution in [3.05, 3.63) is 33.9 Å². The second-order valence-corrected chi connectivity index (χ2v) is 4.56. The van der Waals surface area contributed by atoms with Gasteiger partial charge in [-0.05, 0) is 19.2 Å². The predicted molar refractivity (Wildman–Crippen MR) is 77.0 cm³/mol. The Morgan fingerprint density at radius 3 is 2.40 bits per heavy atom. The summed E-state index contributed by atoms with van der Waals surface area (Å²) < 4.78 is 0. The van der Waals surface area contributed by atoms with Gasteiger partial charge in [0.15, 0.2) is 0 Å². The number of likely N-dealkylation sites (N-methyl/N-ethyl adjacent to an activating group) is 1. The number of anilines is 1. The van der Waals surface area contributed by atoms with Gasteiger partial charge in [-0.25, -0.2) is 4.79 Å². The molecule has 0 bridgehead atoms. The number of nitrogens with zero attached hydrogens (tertiary/aromatic N) is 3. The summed E-state index contributed by atoms with van der Waals surface area (Å²) in [5.74, 6) is -1.16. The summed E-state index contributed by atoms with van der Waals surface area (Å²) >= 11 is 0. The molecule has 2 rings (SSSR count). The molecule has 0 amide bonds. The Labute approximate surface area is 122 Å². The van der Waals surface area contributed by atoms with E-state index in [4.69, 9.17) is 5.11 Å². The molecule has 7 nitrogen and oxygen atoms in total. The van der Waals surface area contributed by atoms with Crippen LogP contribution in [-0.4, -0.2) is 54.1 Å². The molecule has 0 unspecified atom stereocenters. The average molecular weight is 302 g/mol. The Kier molecular flexibility index (Phi) is 5.29. The van der Waals surface area contributed by atoms with Crippen molar-refractivity contribution in [1.29, 1.82) is 0 Å². The number of carboxylic acid groups (broad SMARTS) is 1. The van der Waals surface area contributed by atoms with Crippen molar-refractivity contribution in [3.63, 3.8) is 0 Å². The minimum atomic E-state index is -1.16. The summed E-state index contributed by atoms with van der Waals surface area (Å²) in [6.07, 6.45) is 0. The maximum atomic E-state index is 11.1. The van der Waals surface area contributed by atoms with E-state index in [9.17, 15) is 14.9 Å². The molecule has 0 radical (unpaired) electrons. The fraction of sp³-hybridized carbons (Fsp3) is 0.417. The molecule has 1 N–H and O–H groups in total. The van der Waals surface area contributed by atoms with Crippen LogP contribution in [0.2, 0.25) is 0 Å². The number of halogens is 1. The summed E-state index contributed by atoms with van der Waals surface area (Å²) in [7, 11) is 2.00. The summed E-state index contributed by atoms with van der Waals surface area (Å²) in [5.41, 5.74) is 0.275. The summed E-state index contributed by atoms with van der Waals surface area (Å²) in [5, 5.41) is 20.0. The third-order valence-corrected chi connectivity index (χ3v) is 3.26. The zero-order valence-corrected chi connectivity index (χ0v) is 11.8. The van der Waals surface area contributed by atoms with Gasteiger partial charge in [-0.2, -0.15) is 0 Å². The van der Waals surface area contributed by atoms with Gasteiger partial charge in [0, 0.05) is 32.2 Å². The number of hydrogen-bond donors (Lipinski definition) is 1. The molecule has 1 aliphatic heterocycles. The van der Waals surface area contributed by atoms with E-state index >= 15 is 0 Å². The van der Waals surface area contributed by atoms with Crippen LogP contribution in [0.5, 0.6) is 0 Å². The minimum Gasteiger partial charge on any atom is -0.478 e. The monoisotopic (exact) mass is 301 g/mol. The number of carboxylic acids is 1. The van der Waals surface area contributed by atoms with E-state index in [-0.39, 0.29) is 23.7 Å². The van der Waals surface area contributed by atoms with Crippen LogP contribution in [-0.2, 0) is 0 Å². The lowest BCUT2D eigenvalue weighted by Gasteiger charge is -2.33. The van der Waals surface area contributed by atoms with Crippen molar-refractivity contribution in [2.75, 3.05) is 38.1 Å². The van der Waals surface area contributed by atoms with Gasteiger partial charge in [-0.1, -0.05) is 0 Å².